The first-order valence-corrected chi connectivity index (χ1v) is 6.94. The number of halogens is 1. The van der Waals surface area contributed by atoms with Crippen LogP contribution in [0.4, 0.5) is 5.82 Å². The molecule has 90 valence electrons. The fraction of sp³-hybridized carbons (Fsp3) is 0.444. The monoisotopic (exact) mass is 307 g/mol. The van der Waals surface area contributed by atoms with Crippen molar-refractivity contribution in [3.05, 3.63) is 16.7 Å². The third kappa shape index (κ3) is 2.72. The van der Waals surface area contributed by atoms with Crippen molar-refractivity contribution in [2.75, 3.05) is 26.0 Å². The Bertz CT molecular complexity index is 474. The number of aromatic nitrogens is 1. The lowest BCUT2D eigenvalue weighted by Gasteiger charge is -2.15. The van der Waals surface area contributed by atoms with Crippen LogP contribution in [0.25, 0.3) is 0 Å². The molecule has 1 rings (SSSR count). The van der Waals surface area contributed by atoms with E-state index in [2.05, 4.69) is 26.2 Å². The fourth-order valence-corrected chi connectivity index (χ4v) is 2.64. The molecular formula is C9H14BrN3O2S. The molecule has 0 aliphatic carbocycles. The minimum atomic E-state index is -3.47. The first-order chi connectivity index (χ1) is 7.39. The maximum absolute atomic E-state index is 12.0. The molecule has 0 aromatic carbocycles. The molecule has 0 atom stereocenters. The zero-order chi connectivity index (χ0) is 12.3. The van der Waals surface area contributed by atoms with Gasteiger partial charge in [-0.05, 0) is 28.9 Å². The number of hydrogen-bond acceptors (Lipinski definition) is 4. The number of hydrogen-bond donors (Lipinski definition) is 1. The molecule has 0 aliphatic heterocycles. The van der Waals surface area contributed by atoms with Crippen molar-refractivity contribution < 1.29 is 8.42 Å². The molecule has 0 saturated heterocycles. The van der Waals surface area contributed by atoms with Crippen LogP contribution in [-0.2, 0) is 10.0 Å². The van der Waals surface area contributed by atoms with Crippen LogP contribution in [0.3, 0.4) is 0 Å². The van der Waals surface area contributed by atoms with E-state index in [1.165, 1.54) is 14.1 Å². The molecule has 0 radical (unpaired) electrons. The summed E-state index contributed by atoms with van der Waals surface area (Å²) >= 11 is 3.22. The van der Waals surface area contributed by atoms with Crippen LogP contribution in [0.2, 0.25) is 0 Å². The molecule has 5 nitrogen and oxygen atoms in total. The van der Waals surface area contributed by atoms with Gasteiger partial charge in [0.1, 0.15) is 10.7 Å². The van der Waals surface area contributed by atoms with Gasteiger partial charge in [-0.15, -0.1) is 0 Å². The van der Waals surface area contributed by atoms with Crippen molar-refractivity contribution in [2.24, 2.45) is 0 Å². The largest absolute Gasteiger partial charge is 0.369 e. The molecule has 16 heavy (non-hydrogen) atoms. The average molecular weight is 308 g/mol. The molecule has 1 N–H and O–H groups in total. The van der Waals surface area contributed by atoms with E-state index < -0.39 is 10.0 Å². The van der Waals surface area contributed by atoms with Gasteiger partial charge in [-0.3, -0.25) is 0 Å². The molecular weight excluding hydrogens is 294 g/mol. The summed E-state index contributed by atoms with van der Waals surface area (Å²) in [5.41, 5.74) is 0. The van der Waals surface area contributed by atoms with E-state index in [1.54, 1.807) is 12.3 Å². The topological polar surface area (TPSA) is 62.3 Å². The SMILES string of the molecule is CCNc1ncc(Br)cc1S(=O)(=O)N(C)C. The van der Waals surface area contributed by atoms with Crippen LogP contribution in [-0.4, -0.2) is 38.3 Å². The molecule has 0 aliphatic rings. The van der Waals surface area contributed by atoms with Crippen LogP contribution in [0.1, 0.15) is 6.92 Å². The minimum Gasteiger partial charge on any atom is -0.369 e. The Morgan fingerprint density at radius 1 is 1.50 bits per heavy atom. The Balaban J connectivity index is 3.36. The summed E-state index contributed by atoms with van der Waals surface area (Å²) in [6, 6.07) is 1.54. The van der Waals surface area contributed by atoms with Crippen LogP contribution in [0.15, 0.2) is 21.6 Å². The van der Waals surface area contributed by atoms with Crippen molar-refractivity contribution in [2.45, 2.75) is 11.8 Å². The number of nitrogens with zero attached hydrogens (tertiary/aromatic N) is 2. The molecule has 1 aromatic heterocycles. The van der Waals surface area contributed by atoms with Gasteiger partial charge in [0.25, 0.3) is 0 Å². The van der Waals surface area contributed by atoms with E-state index in [4.69, 9.17) is 0 Å². The molecule has 1 heterocycles. The Labute approximate surface area is 104 Å². The first-order valence-electron chi connectivity index (χ1n) is 4.71. The summed E-state index contributed by atoms with van der Waals surface area (Å²) in [5, 5.41) is 2.93. The van der Waals surface area contributed by atoms with Crippen molar-refractivity contribution in [1.29, 1.82) is 0 Å². The van der Waals surface area contributed by atoms with Gasteiger partial charge < -0.3 is 5.32 Å². The van der Waals surface area contributed by atoms with Crippen molar-refractivity contribution in [1.82, 2.24) is 9.29 Å². The zero-order valence-corrected chi connectivity index (χ0v) is 11.8. The second-order valence-electron chi connectivity index (χ2n) is 3.32. The van der Waals surface area contributed by atoms with E-state index in [0.29, 0.717) is 16.8 Å². The summed E-state index contributed by atoms with van der Waals surface area (Å²) in [6.07, 6.45) is 1.56. The third-order valence-corrected chi connectivity index (χ3v) is 4.18. The minimum absolute atomic E-state index is 0.175. The van der Waals surface area contributed by atoms with Gasteiger partial charge in [0.15, 0.2) is 0 Å². The second kappa shape index (κ2) is 5.11. The van der Waals surface area contributed by atoms with Gasteiger partial charge in [0.05, 0.1) is 0 Å². The highest BCUT2D eigenvalue weighted by molar-refractivity contribution is 9.10. The lowest BCUT2D eigenvalue weighted by molar-refractivity contribution is 0.520. The van der Waals surface area contributed by atoms with E-state index in [-0.39, 0.29) is 4.90 Å². The summed E-state index contributed by atoms with van der Waals surface area (Å²) in [4.78, 5) is 4.23. The van der Waals surface area contributed by atoms with Crippen molar-refractivity contribution >= 4 is 31.8 Å². The van der Waals surface area contributed by atoms with E-state index in [9.17, 15) is 8.42 Å². The number of nitrogens with one attached hydrogen (secondary N) is 1. The van der Waals surface area contributed by atoms with E-state index in [1.807, 2.05) is 6.92 Å². The Kier molecular flexibility index (Phi) is 4.28. The van der Waals surface area contributed by atoms with Crippen molar-refractivity contribution in [3.63, 3.8) is 0 Å². The summed E-state index contributed by atoms with van der Waals surface area (Å²) < 4.78 is 25.8. The molecule has 0 amide bonds. The van der Waals surface area contributed by atoms with Gasteiger partial charge in [-0.1, -0.05) is 0 Å². The molecule has 0 bridgehead atoms. The summed E-state index contributed by atoms with van der Waals surface area (Å²) in [5.74, 6) is 0.374. The zero-order valence-electron chi connectivity index (χ0n) is 9.36. The van der Waals surface area contributed by atoms with Gasteiger partial charge in [-0.2, -0.15) is 0 Å². The number of pyridine rings is 1. The number of sulfonamides is 1. The van der Waals surface area contributed by atoms with Crippen LogP contribution < -0.4 is 5.32 Å². The molecule has 7 heteroatoms. The van der Waals surface area contributed by atoms with Crippen LogP contribution >= 0.6 is 15.9 Å². The standard InChI is InChI=1S/C9H14BrN3O2S/c1-4-11-9-8(5-7(10)6-12-9)16(14,15)13(2)3/h5-6H,4H2,1-3H3,(H,11,12). The van der Waals surface area contributed by atoms with E-state index >= 15 is 0 Å². The van der Waals surface area contributed by atoms with Gasteiger partial charge >= 0.3 is 0 Å². The molecule has 0 fully saturated rings. The number of rotatable bonds is 4. The Morgan fingerprint density at radius 2 is 2.12 bits per heavy atom. The van der Waals surface area contributed by atoms with Crippen LogP contribution in [0.5, 0.6) is 0 Å². The smallest absolute Gasteiger partial charge is 0.246 e. The predicted octanol–water partition coefficient (Wildman–Crippen LogP) is 1.53. The molecule has 0 spiro atoms. The first kappa shape index (κ1) is 13.4. The number of anilines is 1. The maximum atomic E-state index is 12.0. The lowest BCUT2D eigenvalue weighted by Crippen LogP contribution is -2.23. The van der Waals surface area contributed by atoms with Gasteiger partial charge in [-0.25, -0.2) is 17.7 Å². The lowest BCUT2D eigenvalue weighted by atomic mass is 10.4. The summed E-state index contributed by atoms with van der Waals surface area (Å²) in [7, 11) is -0.490. The van der Waals surface area contributed by atoms with Crippen molar-refractivity contribution in [3.8, 4) is 0 Å². The normalized spacial score (nSPS) is 11.8. The third-order valence-electron chi connectivity index (χ3n) is 1.92. The highest BCUT2D eigenvalue weighted by atomic mass is 79.9. The van der Waals surface area contributed by atoms with Gasteiger partial charge in [0.2, 0.25) is 10.0 Å². The Hall–Kier alpha value is -0.660. The highest BCUT2D eigenvalue weighted by Gasteiger charge is 2.22. The molecule has 1 aromatic rings. The van der Waals surface area contributed by atoms with E-state index in [0.717, 1.165) is 4.31 Å². The molecule has 0 saturated carbocycles. The second-order valence-corrected chi connectivity index (χ2v) is 6.35. The molecule has 0 unspecified atom stereocenters. The summed E-state index contributed by atoms with van der Waals surface area (Å²) in [6.45, 7) is 2.50. The predicted molar refractivity (Wildman–Crippen MR) is 67.0 cm³/mol. The fourth-order valence-electron chi connectivity index (χ4n) is 1.11. The highest BCUT2D eigenvalue weighted by Crippen LogP contribution is 2.24. The van der Waals surface area contributed by atoms with Crippen LogP contribution in [0, 0.1) is 0 Å². The quantitative estimate of drug-likeness (QED) is 0.916. The maximum Gasteiger partial charge on any atom is 0.246 e. The average Bonchev–Trinajstić information content (AvgIpc) is 2.20. The Morgan fingerprint density at radius 3 is 2.62 bits per heavy atom. The van der Waals surface area contributed by atoms with Gasteiger partial charge in [0, 0.05) is 31.3 Å².